The van der Waals surface area contributed by atoms with Crippen LogP contribution in [-0.4, -0.2) is 23.4 Å². The van der Waals surface area contributed by atoms with Crippen molar-refractivity contribution in [2.24, 2.45) is 0 Å². The highest BCUT2D eigenvalue weighted by atomic mass is 16.2. The van der Waals surface area contributed by atoms with E-state index in [9.17, 15) is 14.4 Å². The average molecular weight is 298 g/mol. The molecule has 1 aromatic heterocycles. The third-order valence-electron chi connectivity index (χ3n) is 3.70. The van der Waals surface area contributed by atoms with Gasteiger partial charge in [-0.3, -0.25) is 24.3 Å². The highest BCUT2D eigenvalue weighted by Gasteiger charge is 2.32. The van der Waals surface area contributed by atoms with Gasteiger partial charge in [-0.1, -0.05) is 12.1 Å². The number of aryl methyl sites for hydroxylation is 1. The normalized spacial score (nSPS) is 13.0. The maximum absolute atomic E-state index is 12.4. The molecule has 7 nitrogen and oxygen atoms in total. The molecule has 112 valence electrons. The van der Waals surface area contributed by atoms with Gasteiger partial charge in [-0.25, -0.2) is 0 Å². The lowest BCUT2D eigenvalue weighted by atomic mass is 10.1. The molecule has 3 rings (SSSR count). The molecule has 2 heterocycles. The number of carbonyl (C=O) groups is 2. The molecule has 4 N–H and O–H groups in total. The number of pyridine rings is 1. The van der Waals surface area contributed by atoms with Gasteiger partial charge >= 0.3 is 0 Å². The van der Waals surface area contributed by atoms with Crippen LogP contribution in [0.2, 0.25) is 0 Å². The van der Waals surface area contributed by atoms with Crippen LogP contribution < -0.4 is 21.9 Å². The Balaban J connectivity index is 2.38. The van der Waals surface area contributed by atoms with Crippen LogP contribution in [0.4, 0.5) is 11.5 Å². The smallest absolute Gasteiger partial charge is 0.262 e. The first-order valence-corrected chi connectivity index (χ1v) is 6.64. The average Bonchev–Trinajstić information content (AvgIpc) is 2.74. The van der Waals surface area contributed by atoms with Gasteiger partial charge in [0, 0.05) is 13.1 Å². The van der Waals surface area contributed by atoms with E-state index < -0.39 is 17.4 Å². The van der Waals surface area contributed by atoms with Crippen molar-refractivity contribution in [3.63, 3.8) is 0 Å². The van der Waals surface area contributed by atoms with E-state index in [1.54, 1.807) is 19.2 Å². The van der Waals surface area contributed by atoms with Gasteiger partial charge in [-0.05, 0) is 18.6 Å². The summed E-state index contributed by atoms with van der Waals surface area (Å²) >= 11 is 0. The second-order valence-corrected chi connectivity index (χ2v) is 4.99. The lowest BCUT2D eigenvalue weighted by Crippen LogP contribution is -2.24. The van der Waals surface area contributed by atoms with Crippen molar-refractivity contribution >= 4 is 23.3 Å². The Morgan fingerprint density at radius 2 is 1.91 bits per heavy atom. The fraction of sp³-hybridized carbons (Fsp3) is 0.133. The number of hydrogen-bond acceptors (Lipinski definition) is 5. The topological polar surface area (TPSA) is 106 Å². The highest BCUT2D eigenvalue weighted by Crippen LogP contribution is 2.28. The molecule has 0 atom stereocenters. The third kappa shape index (κ3) is 1.79. The largest absolute Gasteiger partial charge is 0.386 e. The van der Waals surface area contributed by atoms with Crippen LogP contribution in [0.15, 0.2) is 29.1 Å². The number of nitrogens with one attached hydrogen (secondary N) is 2. The SMILES string of the molecule is CNc1c(C)cccc1-n1c(N)c2c(cc1=O)C(=O)NC2=O. The van der Waals surface area contributed by atoms with Crippen molar-refractivity contribution in [2.45, 2.75) is 6.92 Å². The zero-order valence-electron chi connectivity index (χ0n) is 12.1. The first kappa shape index (κ1) is 13.9. The summed E-state index contributed by atoms with van der Waals surface area (Å²) in [7, 11) is 1.73. The quantitative estimate of drug-likeness (QED) is 0.706. The van der Waals surface area contributed by atoms with Crippen LogP contribution in [0, 0.1) is 6.92 Å². The molecule has 22 heavy (non-hydrogen) atoms. The Morgan fingerprint density at radius 1 is 1.18 bits per heavy atom. The minimum Gasteiger partial charge on any atom is -0.386 e. The van der Waals surface area contributed by atoms with Crippen molar-refractivity contribution in [2.75, 3.05) is 18.1 Å². The number of nitrogens with two attached hydrogens (primary N) is 1. The molecule has 0 unspecified atom stereocenters. The second-order valence-electron chi connectivity index (χ2n) is 4.99. The summed E-state index contributed by atoms with van der Waals surface area (Å²) in [5.41, 5.74) is 7.77. The van der Waals surface area contributed by atoms with Gasteiger partial charge in [0.15, 0.2) is 0 Å². The number of carbonyl (C=O) groups excluding carboxylic acids is 2. The fourth-order valence-corrected chi connectivity index (χ4v) is 2.69. The Labute approximate surface area is 125 Å². The molecule has 1 aliphatic rings. The van der Waals surface area contributed by atoms with E-state index in [1.807, 2.05) is 13.0 Å². The minimum absolute atomic E-state index is 0.0161. The number of imide groups is 1. The number of fused-ring (bicyclic) bond motifs is 1. The fourth-order valence-electron chi connectivity index (χ4n) is 2.69. The van der Waals surface area contributed by atoms with E-state index in [4.69, 9.17) is 5.73 Å². The molecule has 0 aliphatic carbocycles. The van der Waals surface area contributed by atoms with E-state index >= 15 is 0 Å². The molecule has 0 fully saturated rings. The molecular formula is C15H14N4O3. The summed E-state index contributed by atoms with van der Waals surface area (Å²) in [6.45, 7) is 1.89. The lowest BCUT2D eigenvalue weighted by molar-refractivity contribution is 0.0880. The molecule has 1 aliphatic heterocycles. The van der Waals surface area contributed by atoms with E-state index in [0.717, 1.165) is 17.3 Å². The monoisotopic (exact) mass is 298 g/mol. The van der Waals surface area contributed by atoms with Gasteiger partial charge in [0.1, 0.15) is 5.82 Å². The van der Waals surface area contributed by atoms with Crippen LogP contribution in [0.25, 0.3) is 5.69 Å². The van der Waals surface area contributed by atoms with Crippen molar-refractivity contribution in [1.29, 1.82) is 0 Å². The summed E-state index contributed by atoms with van der Waals surface area (Å²) in [5, 5.41) is 5.16. The molecule has 2 aromatic rings. The Morgan fingerprint density at radius 3 is 2.59 bits per heavy atom. The summed E-state index contributed by atoms with van der Waals surface area (Å²) in [6.07, 6.45) is 0. The Kier molecular flexibility index (Phi) is 2.98. The predicted molar refractivity (Wildman–Crippen MR) is 82.5 cm³/mol. The Bertz CT molecular complexity index is 883. The number of rotatable bonds is 2. The van der Waals surface area contributed by atoms with Gasteiger partial charge in [0.05, 0.1) is 22.5 Å². The van der Waals surface area contributed by atoms with E-state index in [-0.39, 0.29) is 16.9 Å². The van der Waals surface area contributed by atoms with E-state index in [0.29, 0.717) is 5.69 Å². The van der Waals surface area contributed by atoms with E-state index in [2.05, 4.69) is 10.6 Å². The van der Waals surface area contributed by atoms with Crippen LogP contribution >= 0.6 is 0 Å². The number of anilines is 2. The second kappa shape index (κ2) is 4.73. The molecule has 1 aromatic carbocycles. The maximum atomic E-state index is 12.4. The van der Waals surface area contributed by atoms with Gasteiger partial charge in [0.25, 0.3) is 17.4 Å². The maximum Gasteiger partial charge on any atom is 0.262 e. The number of nitrogen functional groups attached to an aromatic ring is 1. The molecule has 0 radical (unpaired) electrons. The van der Waals surface area contributed by atoms with Crippen molar-refractivity contribution < 1.29 is 9.59 Å². The zero-order chi connectivity index (χ0) is 16.0. The number of benzene rings is 1. The summed E-state index contributed by atoms with van der Waals surface area (Å²) in [4.78, 5) is 35.9. The van der Waals surface area contributed by atoms with Crippen LogP contribution in [0.3, 0.4) is 0 Å². The van der Waals surface area contributed by atoms with Gasteiger partial charge in [-0.15, -0.1) is 0 Å². The minimum atomic E-state index is -0.603. The number of para-hydroxylation sites is 1. The molecule has 0 saturated heterocycles. The number of amides is 2. The van der Waals surface area contributed by atoms with Crippen molar-refractivity contribution in [1.82, 2.24) is 9.88 Å². The summed E-state index contributed by atoms with van der Waals surface area (Å²) < 4.78 is 1.23. The van der Waals surface area contributed by atoms with Gasteiger partial charge in [-0.2, -0.15) is 0 Å². The summed E-state index contributed by atoms with van der Waals surface area (Å²) in [6, 6.07) is 6.53. The molecule has 7 heteroatoms. The summed E-state index contributed by atoms with van der Waals surface area (Å²) in [5.74, 6) is -1.24. The molecular weight excluding hydrogens is 284 g/mol. The van der Waals surface area contributed by atoms with E-state index in [1.165, 1.54) is 4.57 Å². The molecule has 0 saturated carbocycles. The molecule has 2 amide bonds. The third-order valence-corrected chi connectivity index (χ3v) is 3.70. The van der Waals surface area contributed by atoms with Gasteiger partial charge in [0.2, 0.25) is 0 Å². The first-order valence-electron chi connectivity index (χ1n) is 6.64. The first-order chi connectivity index (χ1) is 10.5. The highest BCUT2D eigenvalue weighted by molar-refractivity contribution is 6.23. The number of hydrogen-bond donors (Lipinski definition) is 3. The zero-order valence-corrected chi connectivity index (χ0v) is 12.1. The Hall–Kier alpha value is -3.09. The molecule has 0 spiro atoms. The van der Waals surface area contributed by atoms with Crippen LogP contribution in [-0.2, 0) is 0 Å². The molecule has 0 bridgehead atoms. The standard InChI is InChI=1S/C15H14N4O3/c1-7-4-3-5-9(12(7)17-2)19-10(20)6-8-11(13(19)16)15(22)18-14(8)21/h3-6,17H,16H2,1-2H3,(H,18,21,22). The lowest BCUT2D eigenvalue weighted by Gasteiger charge is -2.17. The predicted octanol–water partition coefficient (Wildman–Crippen LogP) is 0.653. The number of nitrogens with zero attached hydrogens (tertiary/aromatic N) is 1. The van der Waals surface area contributed by atoms with Crippen molar-refractivity contribution in [3.8, 4) is 5.69 Å². The number of aromatic nitrogens is 1. The van der Waals surface area contributed by atoms with Crippen LogP contribution in [0.1, 0.15) is 26.3 Å². The van der Waals surface area contributed by atoms with Crippen molar-refractivity contribution in [3.05, 3.63) is 51.3 Å². The van der Waals surface area contributed by atoms with Crippen LogP contribution in [0.5, 0.6) is 0 Å². The van der Waals surface area contributed by atoms with Gasteiger partial charge < -0.3 is 11.1 Å².